The maximum atomic E-state index is 9.53. The quantitative estimate of drug-likeness (QED) is 0.878. The van der Waals surface area contributed by atoms with Crippen molar-refractivity contribution in [2.45, 2.75) is 18.9 Å². The van der Waals surface area contributed by atoms with Gasteiger partial charge in [0, 0.05) is 6.04 Å². The van der Waals surface area contributed by atoms with E-state index in [1.807, 2.05) is 12.1 Å². The largest absolute Gasteiger partial charge is 0.506 e. The molecule has 1 aromatic rings. The first-order chi connectivity index (χ1) is 6.59. The van der Waals surface area contributed by atoms with Crippen molar-refractivity contribution < 1.29 is 5.11 Å². The van der Waals surface area contributed by atoms with Crippen LogP contribution < -0.4 is 5.73 Å². The lowest BCUT2D eigenvalue weighted by molar-refractivity contribution is 0.467. The van der Waals surface area contributed by atoms with E-state index in [0.717, 1.165) is 5.56 Å². The Morgan fingerprint density at radius 2 is 1.79 bits per heavy atom. The summed E-state index contributed by atoms with van der Waals surface area (Å²) in [6.07, 6.45) is 2.44. The second-order valence-corrected chi connectivity index (χ2v) is 5.41. The summed E-state index contributed by atoms with van der Waals surface area (Å²) in [5.41, 5.74) is 7.14. The molecule has 2 rings (SSSR count). The van der Waals surface area contributed by atoms with Crippen molar-refractivity contribution in [2.75, 3.05) is 0 Å². The van der Waals surface area contributed by atoms with Crippen LogP contribution in [0.3, 0.4) is 0 Å². The van der Waals surface area contributed by atoms with E-state index in [0.29, 0.717) is 14.9 Å². The fraction of sp³-hybridized carbons (Fsp3) is 0.400. The molecule has 0 unspecified atom stereocenters. The van der Waals surface area contributed by atoms with E-state index in [9.17, 15) is 5.11 Å². The van der Waals surface area contributed by atoms with Gasteiger partial charge in [-0.3, -0.25) is 0 Å². The summed E-state index contributed by atoms with van der Waals surface area (Å²) >= 11 is 6.60. The fourth-order valence-electron chi connectivity index (χ4n) is 1.51. The average molecular weight is 321 g/mol. The number of benzene rings is 1. The predicted octanol–water partition coefficient (Wildman–Crippen LogP) is 3.33. The Labute approximate surface area is 99.8 Å². The molecule has 1 aliphatic carbocycles. The molecule has 0 aliphatic heterocycles. The van der Waals surface area contributed by atoms with E-state index < -0.39 is 0 Å². The normalized spacial score (nSPS) is 18.2. The van der Waals surface area contributed by atoms with Crippen molar-refractivity contribution >= 4 is 31.9 Å². The smallest absolute Gasteiger partial charge is 0.143 e. The van der Waals surface area contributed by atoms with Gasteiger partial charge in [-0.05, 0) is 68.3 Å². The van der Waals surface area contributed by atoms with Gasteiger partial charge in [0.05, 0.1) is 8.95 Å². The van der Waals surface area contributed by atoms with Crippen LogP contribution in [0.5, 0.6) is 5.75 Å². The van der Waals surface area contributed by atoms with E-state index in [1.165, 1.54) is 12.8 Å². The van der Waals surface area contributed by atoms with Crippen molar-refractivity contribution in [1.29, 1.82) is 0 Å². The molecule has 0 bridgehead atoms. The Morgan fingerprint density at radius 3 is 2.21 bits per heavy atom. The van der Waals surface area contributed by atoms with Crippen molar-refractivity contribution in [1.82, 2.24) is 0 Å². The lowest BCUT2D eigenvalue weighted by Crippen LogP contribution is -2.12. The number of phenolic OH excluding ortho intramolecular Hbond substituents is 1. The molecule has 4 heteroatoms. The van der Waals surface area contributed by atoms with Crippen LogP contribution in [0.25, 0.3) is 0 Å². The molecule has 2 nitrogen and oxygen atoms in total. The number of aromatic hydroxyl groups is 1. The monoisotopic (exact) mass is 319 g/mol. The molecule has 1 aliphatic rings. The highest BCUT2D eigenvalue weighted by Crippen LogP contribution is 2.42. The lowest BCUT2D eigenvalue weighted by atomic mass is 10.0. The van der Waals surface area contributed by atoms with E-state index in [4.69, 9.17) is 5.73 Å². The van der Waals surface area contributed by atoms with Crippen LogP contribution in [0, 0.1) is 5.92 Å². The molecule has 0 saturated heterocycles. The minimum absolute atomic E-state index is 0.100. The molecule has 14 heavy (non-hydrogen) atoms. The Balaban J connectivity index is 2.34. The predicted molar refractivity (Wildman–Crippen MR) is 63.2 cm³/mol. The Kier molecular flexibility index (Phi) is 2.86. The first-order valence-corrected chi connectivity index (χ1v) is 6.11. The van der Waals surface area contributed by atoms with Crippen LogP contribution in [-0.2, 0) is 0 Å². The highest BCUT2D eigenvalue weighted by atomic mass is 79.9. The highest BCUT2D eigenvalue weighted by Gasteiger charge is 2.30. The fourth-order valence-corrected chi connectivity index (χ4v) is 2.73. The van der Waals surface area contributed by atoms with Gasteiger partial charge in [0.15, 0.2) is 0 Å². The van der Waals surface area contributed by atoms with Gasteiger partial charge in [0.2, 0.25) is 0 Å². The van der Waals surface area contributed by atoms with Crippen LogP contribution in [0.1, 0.15) is 24.4 Å². The van der Waals surface area contributed by atoms with Gasteiger partial charge in [-0.1, -0.05) is 0 Å². The standard InChI is InChI=1S/C10H11Br2NO/c11-7-3-6(4-8(12)10(7)14)9(13)5-1-2-5/h3-5,9,14H,1-2,13H2/t9-/m0/s1. The molecule has 0 aromatic heterocycles. The third-order valence-corrected chi connectivity index (χ3v) is 3.76. The van der Waals surface area contributed by atoms with Crippen molar-refractivity contribution in [2.24, 2.45) is 11.7 Å². The molecule has 1 aromatic carbocycles. The Hall–Kier alpha value is -0.0600. The van der Waals surface area contributed by atoms with Crippen molar-refractivity contribution in [3.8, 4) is 5.75 Å². The van der Waals surface area contributed by atoms with E-state index in [1.54, 1.807) is 0 Å². The topological polar surface area (TPSA) is 46.2 Å². The Bertz CT molecular complexity index is 340. The average Bonchev–Trinajstić information content (AvgIpc) is 2.95. The van der Waals surface area contributed by atoms with Crippen LogP contribution in [0.15, 0.2) is 21.1 Å². The van der Waals surface area contributed by atoms with E-state index in [-0.39, 0.29) is 11.8 Å². The highest BCUT2D eigenvalue weighted by molar-refractivity contribution is 9.11. The summed E-state index contributed by atoms with van der Waals surface area (Å²) in [6.45, 7) is 0. The second kappa shape index (κ2) is 3.83. The number of halogens is 2. The number of nitrogens with two attached hydrogens (primary N) is 1. The number of rotatable bonds is 2. The first-order valence-electron chi connectivity index (χ1n) is 4.53. The van der Waals surface area contributed by atoms with Crippen molar-refractivity contribution in [3.05, 3.63) is 26.6 Å². The van der Waals surface area contributed by atoms with E-state index in [2.05, 4.69) is 31.9 Å². The first kappa shape index (κ1) is 10.5. The summed E-state index contributed by atoms with van der Waals surface area (Å²) in [5, 5.41) is 9.53. The van der Waals surface area contributed by atoms with Gasteiger partial charge < -0.3 is 10.8 Å². The summed E-state index contributed by atoms with van der Waals surface area (Å²) in [5.74, 6) is 0.857. The molecule has 0 radical (unpaired) electrons. The molecule has 76 valence electrons. The zero-order valence-electron chi connectivity index (χ0n) is 7.50. The van der Waals surface area contributed by atoms with Crippen molar-refractivity contribution in [3.63, 3.8) is 0 Å². The molecule has 3 N–H and O–H groups in total. The molecular weight excluding hydrogens is 310 g/mol. The number of phenols is 1. The second-order valence-electron chi connectivity index (χ2n) is 3.70. The molecule has 1 saturated carbocycles. The Morgan fingerprint density at radius 1 is 1.29 bits per heavy atom. The molecular formula is C10H11Br2NO. The third kappa shape index (κ3) is 1.97. The van der Waals surface area contributed by atoms with Gasteiger partial charge in [0.1, 0.15) is 5.75 Å². The number of hydrogen-bond donors (Lipinski definition) is 2. The summed E-state index contributed by atoms with van der Waals surface area (Å²) in [7, 11) is 0. The molecule has 0 heterocycles. The molecule has 0 spiro atoms. The van der Waals surface area contributed by atoms with Gasteiger partial charge in [-0.25, -0.2) is 0 Å². The maximum absolute atomic E-state index is 9.53. The molecule has 1 atom stereocenters. The summed E-state index contributed by atoms with van der Waals surface area (Å²) in [6, 6.07) is 3.88. The minimum Gasteiger partial charge on any atom is -0.506 e. The maximum Gasteiger partial charge on any atom is 0.143 e. The SMILES string of the molecule is N[C@H](c1cc(Br)c(O)c(Br)c1)C1CC1. The van der Waals surface area contributed by atoms with Gasteiger partial charge in [0.25, 0.3) is 0 Å². The number of hydrogen-bond acceptors (Lipinski definition) is 2. The van der Waals surface area contributed by atoms with Crippen LogP contribution in [-0.4, -0.2) is 5.11 Å². The minimum atomic E-state index is 0.100. The lowest BCUT2D eigenvalue weighted by Gasteiger charge is -2.12. The van der Waals surface area contributed by atoms with E-state index >= 15 is 0 Å². The van der Waals surface area contributed by atoms with Crippen LogP contribution in [0.2, 0.25) is 0 Å². The van der Waals surface area contributed by atoms with Gasteiger partial charge >= 0.3 is 0 Å². The third-order valence-electron chi connectivity index (χ3n) is 2.55. The van der Waals surface area contributed by atoms with Gasteiger partial charge in [-0.2, -0.15) is 0 Å². The van der Waals surface area contributed by atoms with Gasteiger partial charge in [-0.15, -0.1) is 0 Å². The zero-order chi connectivity index (χ0) is 10.3. The van der Waals surface area contributed by atoms with Crippen LogP contribution >= 0.6 is 31.9 Å². The zero-order valence-corrected chi connectivity index (χ0v) is 10.7. The molecule has 1 fully saturated rings. The summed E-state index contributed by atoms with van der Waals surface area (Å²) in [4.78, 5) is 0. The molecule has 0 amide bonds. The summed E-state index contributed by atoms with van der Waals surface area (Å²) < 4.78 is 1.39. The van der Waals surface area contributed by atoms with Crippen LogP contribution in [0.4, 0.5) is 0 Å².